The van der Waals surface area contributed by atoms with E-state index in [2.05, 4.69) is 36.3 Å². The monoisotopic (exact) mass is 400 g/mol. The number of thioether (sulfide) groups is 1. The molecule has 1 aliphatic rings. The molecule has 1 saturated carbocycles. The van der Waals surface area contributed by atoms with Crippen LogP contribution < -0.4 is 5.32 Å². The van der Waals surface area contributed by atoms with Crippen LogP contribution in [0.25, 0.3) is 0 Å². The number of nitrogens with one attached hydrogen (secondary N) is 1. The first kappa shape index (κ1) is 21.0. The van der Waals surface area contributed by atoms with Gasteiger partial charge in [0.25, 0.3) is 0 Å². The second-order valence-electron chi connectivity index (χ2n) is 7.28. The van der Waals surface area contributed by atoms with Gasteiger partial charge in [-0.05, 0) is 43.9 Å². The highest BCUT2D eigenvalue weighted by molar-refractivity contribution is 8.01. The SMILES string of the molecule is CC(C)CCN(C(=O)Nc1nnc(SCC(=O)O)s1)C1CCC(C)CC1. The van der Waals surface area contributed by atoms with Gasteiger partial charge in [-0.15, -0.1) is 10.2 Å². The van der Waals surface area contributed by atoms with Crippen molar-refractivity contribution in [2.24, 2.45) is 11.8 Å². The van der Waals surface area contributed by atoms with Crippen LogP contribution in [0.15, 0.2) is 4.34 Å². The summed E-state index contributed by atoms with van der Waals surface area (Å²) in [6.45, 7) is 7.33. The maximum Gasteiger partial charge on any atom is 0.323 e. The van der Waals surface area contributed by atoms with Gasteiger partial charge in [0, 0.05) is 12.6 Å². The van der Waals surface area contributed by atoms with Gasteiger partial charge >= 0.3 is 12.0 Å². The van der Waals surface area contributed by atoms with Crippen LogP contribution in [0.4, 0.5) is 9.93 Å². The lowest BCUT2D eigenvalue weighted by Gasteiger charge is -2.36. The summed E-state index contributed by atoms with van der Waals surface area (Å²) < 4.78 is 0.544. The van der Waals surface area contributed by atoms with Crippen LogP contribution in [0, 0.1) is 11.8 Å². The highest BCUT2D eigenvalue weighted by Gasteiger charge is 2.28. The molecule has 146 valence electrons. The fourth-order valence-corrected chi connectivity index (χ4v) is 4.47. The molecule has 0 bridgehead atoms. The van der Waals surface area contributed by atoms with Crippen molar-refractivity contribution < 1.29 is 14.7 Å². The topological polar surface area (TPSA) is 95.4 Å². The molecule has 2 N–H and O–H groups in total. The number of urea groups is 1. The number of rotatable bonds is 8. The first-order valence-corrected chi connectivity index (χ1v) is 10.9. The van der Waals surface area contributed by atoms with Gasteiger partial charge < -0.3 is 10.0 Å². The van der Waals surface area contributed by atoms with E-state index in [-0.39, 0.29) is 17.8 Å². The Labute approximate surface area is 162 Å². The molecule has 0 radical (unpaired) electrons. The summed E-state index contributed by atoms with van der Waals surface area (Å²) in [6, 6.07) is 0.148. The van der Waals surface area contributed by atoms with Gasteiger partial charge in [0.2, 0.25) is 5.13 Å². The van der Waals surface area contributed by atoms with Crippen LogP contribution >= 0.6 is 23.1 Å². The molecular formula is C17H28N4O3S2. The molecule has 0 unspecified atom stereocenters. The van der Waals surface area contributed by atoms with E-state index in [4.69, 9.17) is 5.11 Å². The van der Waals surface area contributed by atoms with Crippen LogP contribution in [0.5, 0.6) is 0 Å². The first-order chi connectivity index (χ1) is 12.3. The Morgan fingerprint density at radius 1 is 1.31 bits per heavy atom. The number of hydrogen-bond acceptors (Lipinski definition) is 6. The molecular weight excluding hydrogens is 372 g/mol. The van der Waals surface area contributed by atoms with E-state index in [0.29, 0.717) is 15.4 Å². The maximum absolute atomic E-state index is 12.8. The first-order valence-electron chi connectivity index (χ1n) is 9.10. The summed E-state index contributed by atoms with van der Waals surface area (Å²) >= 11 is 2.32. The zero-order valence-corrected chi connectivity index (χ0v) is 17.2. The largest absolute Gasteiger partial charge is 0.481 e. The average molecular weight is 401 g/mol. The minimum absolute atomic E-state index is 0.0661. The Bertz CT molecular complexity index is 601. The normalized spacial score (nSPS) is 20.2. The molecule has 0 aromatic carbocycles. The second-order valence-corrected chi connectivity index (χ2v) is 9.48. The van der Waals surface area contributed by atoms with Gasteiger partial charge in [-0.2, -0.15) is 0 Å². The summed E-state index contributed by atoms with van der Waals surface area (Å²) in [5.74, 6) is 0.303. The lowest BCUT2D eigenvalue weighted by atomic mass is 9.86. The lowest BCUT2D eigenvalue weighted by Crippen LogP contribution is -2.45. The zero-order chi connectivity index (χ0) is 19.1. The minimum atomic E-state index is -0.901. The van der Waals surface area contributed by atoms with Crippen LogP contribution in [-0.4, -0.2) is 50.5 Å². The zero-order valence-electron chi connectivity index (χ0n) is 15.6. The van der Waals surface area contributed by atoms with E-state index in [1.807, 2.05) is 4.90 Å². The molecule has 1 heterocycles. The Hall–Kier alpha value is -1.35. The number of nitrogens with zero attached hydrogens (tertiary/aromatic N) is 3. The number of carbonyl (C=O) groups is 2. The minimum Gasteiger partial charge on any atom is -0.481 e. The molecule has 7 nitrogen and oxygen atoms in total. The summed E-state index contributed by atoms with van der Waals surface area (Å²) in [7, 11) is 0. The number of anilines is 1. The van der Waals surface area contributed by atoms with Crippen molar-refractivity contribution in [2.45, 2.75) is 63.3 Å². The molecule has 1 fully saturated rings. The molecule has 2 rings (SSSR count). The van der Waals surface area contributed by atoms with E-state index in [1.165, 1.54) is 11.3 Å². The molecule has 1 aromatic rings. The van der Waals surface area contributed by atoms with Crippen molar-refractivity contribution in [1.82, 2.24) is 15.1 Å². The summed E-state index contributed by atoms with van der Waals surface area (Å²) in [5.41, 5.74) is 0. The van der Waals surface area contributed by atoms with Crippen LogP contribution in [-0.2, 0) is 4.79 Å². The van der Waals surface area contributed by atoms with Crippen molar-refractivity contribution in [2.75, 3.05) is 17.6 Å². The number of aliphatic carboxylic acids is 1. The third-order valence-corrected chi connectivity index (χ3v) is 6.53. The fourth-order valence-electron chi connectivity index (χ4n) is 3.01. The van der Waals surface area contributed by atoms with E-state index in [1.54, 1.807) is 0 Å². The Morgan fingerprint density at radius 2 is 2.00 bits per heavy atom. The number of hydrogen-bond donors (Lipinski definition) is 2. The van der Waals surface area contributed by atoms with E-state index >= 15 is 0 Å². The van der Waals surface area contributed by atoms with Crippen LogP contribution in [0.2, 0.25) is 0 Å². The highest BCUT2D eigenvalue weighted by Crippen LogP contribution is 2.29. The predicted molar refractivity (Wildman–Crippen MR) is 105 cm³/mol. The standard InChI is InChI=1S/C17H28N4O3S2/c1-11(2)8-9-21(13-6-4-12(3)5-7-13)16(24)18-15-19-20-17(26-15)25-10-14(22)23/h11-13H,4-10H2,1-3H3,(H,22,23)(H,18,19,24). The van der Waals surface area contributed by atoms with Gasteiger partial charge in [-0.1, -0.05) is 43.9 Å². The van der Waals surface area contributed by atoms with Gasteiger partial charge in [0.05, 0.1) is 5.75 Å². The van der Waals surface area contributed by atoms with Gasteiger partial charge in [0.1, 0.15) is 0 Å². The number of aromatic nitrogens is 2. The van der Waals surface area contributed by atoms with Crippen molar-refractivity contribution in [1.29, 1.82) is 0 Å². The number of amides is 2. The predicted octanol–water partition coefficient (Wildman–Crippen LogP) is 4.17. The van der Waals surface area contributed by atoms with Crippen LogP contribution in [0.1, 0.15) is 52.9 Å². The lowest BCUT2D eigenvalue weighted by molar-refractivity contribution is -0.133. The molecule has 2 amide bonds. The van der Waals surface area contributed by atoms with E-state index in [0.717, 1.165) is 56.3 Å². The fraction of sp³-hybridized carbons (Fsp3) is 0.765. The Morgan fingerprint density at radius 3 is 2.62 bits per heavy atom. The smallest absolute Gasteiger partial charge is 0.323 e. The van der Waals surface area contributed by atoms with Crippen LogP contribution in [0.3, 0.4) is 0 Å². The molecule has 26 heavy (non-hydrogen) atoms. The number of carboxylic acid groups (broad SMARTS) is 1. The van der Waals surface area contributed by atoms with Gasteiger partial charge in [-0.3, -0.25) is 10.1 Å². The highest BCUT2D eigenvalue weighted by atomic mass is 32.2. The van der Waals surface area contributed by atoms with Gasteiger partial charge in [-0.25, -0.2) is 4.79 Å². The van der Waals surface area contributed by atoms with E-state index < -0.39 is 5.97 Å². The van der Waals surface area contributed by atoms with Crippen molar-refractivity contribution in [3.63, 3.8) is 0 Å². The maximum atomic E-state index is 12.8. The molecule has 1 aliphatic carbocycles. The third kappa shape index (κ3) is 6.75. The number of carboxylic acids is 1. The quantitative estimate of drug-likeness (QED) is 0.502. The Kier molecular flexibility index (Phi) is 8.15. The average Bonchev–Trinajstić information content (AvgIpc) is 3.02. The third-order valence-electron chi connectivity index (χ3n) is 4.57. The summed E-state index contributed by atoms with van der Waals surface area (Å²) in [4.78, 5) is 25.4. The Balaban J connectivity index is 1.97. The van der Waals surface area contributed by atoms with Crippen molar-refractivity contribution >= 4 is 40.2 Å². The van der Waals surface area contributed by atoms with Crippen molar-refractivity contribution in [3.8, 4) is 0 Å². The molecule has 0 aliphatic heterocycles. The molecule has 9 heteroatoms. The second kappa shape index (κ2) is 10.1. The van der Waals surface area contributed by atoms with E-state index in [9.17, 15) is 9.59 Å². The summed E-state index contributed by atoms with van der Waals surface area (Å²) in [6.07, 6.45) is 5.37. The molecule has 1 aromatic heterocycles. The van der Waals surface area contributed by atoms with Gasteiger partial charge in [0.15, 0.2) is 4.34 Å². The number of carbonyl (C=O) groups excluding carboxylic acids is 1. The molecule has 0 saturated heterocycles. The molecule has 0 atom stereocenters. The molecule has 0 spiro atoms. The van der Waals surface area contributed by atoms with Crippen molar-refractivity contribution in [3.05, 3.63) is 0 Å². The summed E-state index contributed by atoms with van der Waals surface area (Å²) in [5, 5.41) is 19.9.